The molecule has 0 radical (unpaired) electrons. The Kier molecular flexibility index (Phi) is 11.2. The van der Waals surface area contributed by atoms with Crippen molar-refractivity contribution in [2.75, 3.05) is 45.3 Å². The minimum atomic E-state index is -0.0591. The van der Waals surface area contributed by atoms with Gasteiger partial charge < -0.3 is 25.8 Å². The molecule has 0 aliphatic carbocycles. The van der Waals surface area contributed by atoms with Crippen LogP contribution in [0.2, 0.25) is 0 Å². The van der Waals surface area contributed by atoms with Crippen LogP contribution in [0.1, 0.15) is 19.3 Å². The van der Waals surface area contributed by atoms with Gasteiger partial charge in [0.1, 0.15) is 0 Å². The number of hydrogen-bond donors (Lipinski definition) is 4. The summed E-state index contributed by atoms with van der Waals surface area (Å²) >= 11 is 3.37. The smallest absolute Gasteiger partial charge is 0.226 e. The summed E-state index contributed by atoms with van der Waals surface area (Å²) in [4.78, 5) is 16.2. The lowest BCUT2D eigenvalue weighted by Crippen LogP contribution is -2.45. The van der Waals surface area contributed by atoms with Crippen LogP contribution in [0.4, 0.5) is 5.69 Å². The lowest BCUT2D eigenvalue weighted by Gasteiger charge is -2.27. The van der Waals surface area contributed by atoms with Crippen molar-refractivity contribution in [1.29, 1.82) is 0 Å². The van der Waals surface area contributed by atoms with Crippen LogP contribution in [-0.2, 0) is 9.53 Å². The van der Waals surface area contributed by atoms with Crippen LogP contribution in [-0.4, -0.2) is 56.9 Å². The first-order chi connectivity index (χ1) is 12.6. The van der Waals surface area contributed by atoms with Gasteiger partial charge in [0.2, 0.25) is 5.91 Å². The molecule has 1 heterocycles. The van der Waals surface area contributed by atoms with Crippen molar-refractivity contribution in [3.63, 3.8) is 0 Å². The Morgan fingerprint density at radius 3 is 2.67 bits per heavy atom. The number of aliphatic imine (C=N–C) groups is 1. The van der Waals surface area contributed by atoms with Gasteiger partial charge in [0, 0.05) is 55.3 Å². The molecule has 1 unspecified atom stereocenters. The molecule has 4 N–H and O–H groups in total. The number of halogens is 2. The highest BCUT2D eigenvalue weighted by Gasteiger charge is 2.34. The first-order valence-corrected chi connectivity index (χ1v) is 9.55. The van der Waals surface area contributed by atoms with E-state index in [2.05, 4.69) is 36.9 Å². The summed E-state index contributed by atoms with van der Waals surface area (Å²) in [5, 5.41) is 18.6. The summed E-state index contributed by atoms with van der Waals surface area (Å²) in [7, 11) is 1.70. The van der Waals surface area contributed by atoms with Gasteiger partial charge in [0.15, 0.2) is 5.96 Å². The summed E-state index contributed by atoms with van der Waals surface area (Å²) in [5.41, 5.74) is 0.721. The topological polar surface area (TPSA) is 95.0 Å². The molecular formula is C18H28BrIN4O3. The van der Waals surface area contributed by atoms with Crippen molar-refractivity contribution >= 4 is 57.5 Å². The number of aliphatic hydroxyl groups excluding tert-OH is 1. The van der Waals surface area contributed by atoms with E-state index in [9.17, 15) is 9.90 Å². The van der Waals surface area contributed by atoms with Gasteiger partial charge >= 0.3 is 0 Å². The Balaban J connectivity index is 0.00000364. The second-order valence-electron chi connectivity index (χ2n) is 6.43. The van der Waals surface area contributed by atoms with Crippen molar-refractivity contribution in [3.05, 3.63) is 28.7 Å². The molecule has 1 saturated heterocycles. The number of nitrogens with one attached hydrogen (secondary N) is 3. The number of carbonyl (C=O) groups excluding carboxylic acids is 1. The van der Waals surface area contributed by atoms with Crippen molar-refractivity contribution in [3.8, 4) is 0 Å². The number of aliphatic hydroxyl groups is 1. The number of anilines is 1. The molecule has 1 aromatic rings. The van der Waals surface area contributed by atoms with E-state index in [-0.39, 0.29) is 41.9 Å². The Morgan fingerprint density at radius 1 is 1.33 bits per heavy atom. The average Bonchev–Trinajstić information content (AvgIpc) is 3.09. The van der Waals surface area contributed by atoms with Gasteiger partial charge in [-0.25, -0.2) is 0 Å². The van der Waals surface area contributed by atoms with Crippen molar-refractivity contribution in [2.24, 2.45) is 10.4 Å². The molecule has 1 amide bonds. The van der Waals surface area contributed by atoms with Gasteiger partial charge in [0.25, 0.3) is 0 Å². The number of guanidine groups is 1. The molecule has 1 atom stereocenters. The molecule has 0 saturated carbocycles. The van der Waals surface area contributed by atoms with Gasteiger partial charge in [-0.15, -0.1) is 24.0 Å². The molecule has 1 fully saturated rings. The number of ether oxygens (including phenoxy) is 1. The monoisotopic (exact) mass is 554 g/mol. The molecule has 2 rings (SSSR count). The summed E-state index contributed by atoms with van der Waals surface area (Å²) in [6.45, 7) is 2.67. The third-order valence-electron chi connectivity index (χ3n) is 4.45. The Labute approximate surface area is 185 Å². The largest absolute Gasteiger partial charge is 0.396 e. The van der Waals surface area contributed by atoms with Gasteiger partial charge in [-0.3, -0.25) is 9.79 Å². The molecular weight excluding hydrogens is 527 g/mol. The predicted octanol–water partition coefficient (Wildman–Crippen LogP) is 2.35. The Hall–Kier alpha value is -0.910. The van der Waals surface area contributed by atoms with Crippen molar-refractivity contribution in [2.45, 2.75) is 19.3 Å². The Morgan fingerprint density at radius 2 is 2.07 bits per heavy atom. The highest BCUT2D eigenvalue weighted by atomic mass is 127. The van der Waals surface area contributed by atoms with E-state index in [0.717, 1.165) is 23.2 Å². The predicted molar refractivity (Wildman–Crippen MR) is 122 cm³/mol. The highest BCUT2D eigenvalue weighted by molar-refractivity contribution is 14.0. The summed E-state index contributed by atoms with van der Waals surface area (Å²) in [6, 6.07) is 7.46. The third-order valence-corrected chi connectivity index (χ3v) is 4.98. The van der Waals surface area contributed by atoms with E-state index in [4.69, 9.17) is 4.74 Å². The molecule has 27 heavy (non-hydrogen) atoms. The minimum Gasteiger partial charge on any atom is -0.396 e. The number of hydrogen-bond acceptors (Lipinski definition) is 4. The van der Waals surface area contributed by atoms with Gasteiger partial charge in [-0.2, -0.15) is 0 Å². The lowest BCUT2D eigenvalue weighted by molar-refractivity contribution is -0.116. The highest BCUT2D eigenvalue weighted by Crippen LogP contribution is 2.31. The fourth-order valence-corrected chi connectivity index (χ4v) is 3.12. The van der Waals surface area contributed by atoms with Crippen LogP contribution in [0.3, 0.4) is 0 Å². The van der Waals surface area contributed by atoms with Crippen LogP contribution in [0.5, 0.6) is 0 Å². The van der Waals surface area contributed by atoms with E-state index < -0.39 is 0 Å². The summed E-state index contributed by atoms with van der Waals surface area (Å²) < 4.78 is 6.46. The van der Waals surface area contributed by atoms with Crippen molar-refractivity contribution < 1.29 is 14.6 Å². The number of amides is 1. The second kappa shape index (κ2) is 12.5. The molecule has 0 aromatic heterocycles. The van der Waals surface area contributed by atoms with Gasteiger partial charge in [-0.05, 0) is 37.1 Å². The standard InChI is InChI=1S/C18H27BrN4O3.HI/c1-20-17(22-12-18(7-10-24)8-11-26-13-18)21-9-6-16(25)23-15-4-2-14(19)3-5-15;/h2-5,24H,6-13H2,1H3,(H,23,25)(H2,20,21,22);1H. The zero-order chi connectivity index (χ0) is 18.8. The zero-order valence-corrected chi connectivity index (χ0v) is 19.4. The minimum absolute atomic E-state index is 0. The van der Waals surface area contributed by atoms with E-state index in [0.29, 0.717) is 38.5 Å². The fourth-order valence-electron chi connectivity index (χ4n) is 2.85. The molecule has 0 bridgehead atoms. The second-order valence-corrected chi connectivity index (χ2v) is 7.35. The number of carbonyl (C=O) groups is 1. The first-order valence-electron chi connectivity index (χ1n) is 8.75. The number of benzene rings is 1. The van der Waals surface area contributed by atoms with Gasteiger partial charge in [0.05, 0.1) is 6.61 Å². The normalized spacial score (nSPS) is 19.3. The van der Waals surface area contributed by atoms with Gasteiger partial charge in [-0.1, -0.05) is 15.9 Å². The fraction of sp³-hybridized carbons (Fsp3) is 0.556. The molecule has 7 nitrogen and oxygen atoms in total. The summed E-state index contributed by atoms with van der Waals surface area (Å²) in [5.74, 6) is 0.585. The zero-order valence-electron chi connectivity index (χ0n) is 15.5. The maximum absolute atomic E-state index is 12.0. The van der Waals surface area contributed by atoms with Crippen LogP contribution in [0, 0.1) is 5.41 Å². The molecule has 9 heteroatoms. The van der Waals surface area contributed by atoms with E-state index in [1.54, 1.807) is 7.05 Å². The molecule has 1 aliphatic rings. The molecule has 0 spiro atoms. The van der Waals surface area contributed by atoms with Crippen LogP contribution >= 0.6 is 39.9 Å². The molecule has 1 aliphatic heterocycles. The number of nitrogens with zero attached hydrogens (tertiary/aromatic N) is 1. The molecule has 1 aromatic carbocycles. The average molecular weight is 555 g/mol. The third kappa shape index (κ3) is 8.32. The van der Waals surface area contributed by atoms with E-state index >= 15 is 0 Å². The lowest BCUT2D eigenvalue weighted by atomic mass is 9.84. The first kappa shape index (κ1) is 24.1. The van der Waals surface area contributed by atoms with Crippen molar-refractivity contribution in [1.82, 2.24) is 10.6 Å². The van der Waals surface area contributed by atoms with E-state index in [1.165, 1.54) is 0 Å². The SMILES string of the molecule is CN=C(NCCC(=O)Nc1ccc(Br)cc1)NCC1(CCO)CCOC1.I. The van der Waals surface area contributed by atoms with Crippen LogP contribution < -0.4 is 16.0 Å². The quantitative estimate of drug-likeness (QED) is 0.225. The van der Waals surface area contributed by atoms with Crippen LogP contribution in [0.25, 0.3) is 0 Å². The summed E-state index contributed by atoms with van der Waals surface area (Å²) in [6.07, 6.45) is 1.96. The maximum atomic E-state index is 12.0. The van der Waals surface area contributed by atoms with E-state index in [1.807, 2.05) is 24.3 Å². The van der Waals surface area contributed by atoms with Crippen LogP contribution in [0.15, 0.2) is 33.7 Å². The number of rotatable bonds is 8. The molecule has 152 valence electrons. The maximum Gasteiger partial charge on any atom is 0.226 e. The Bertz CT molecular complexity index is 607.